The van der Waals surface area contributed by atoms with Crippen molar-refractivity contribution in [3.05, 3.63) is 29.8 Å². The zero-order valence-corrected chi connectivity index (χ0v) is 14.9. The molecule has 3 rings (SSSR count). The second-order valence-corrected chi connectivity index (χ2v) is 7.11. The molecule has 2 atom stereocenters. The fraction of sp³-hybridized carbons (Fsp3) is 0.526. The van der Waals surface area contributed by atoms with E-state index in [1.807, 2.05) is 0 Å². The highest BCUT2D eigenvalue weighted by Gasteiger charge is 2.40. The molecule has 0 bridgehead atoms. The zero-order valence-electron chi connectivity index (χ0n) is 14.9. The van der Waals surface area contributed by atoms with Crippen molar-refractivity contribution in [2.24, 2.45) is 5.92 Å². The van der Waals surface area contributed by atoms with Gasteiger partial charge in [0.1, 0.15) is 11.6 Å². The molecule has 0 aliphatic carbocycles. The van der Waals surface area contributed by atoms with E-state index in [9.17, 15) is 23.2 Å². The highest BCUT2D eigenvalue weighted by Crippen LogP contribution is 2.31. The van der Waals surface area contributed by atoms with Gasteiger partial charge in [0.15, 0.2) is 0 Å². The van der Waals surface area contributed by atoms with Gasteiger partial charge in [-0.15, -0.1) is 0 Å². The smallest absolute Gasteiger partial charge is 0.303 e. The first-order valence-corrected chi connectivity index (χ1v) is 9.14. The Labute approximate surface area is 155 Å². The lowest BCUT2D eigenvalue weighted by atomic mass is 9.95. The van der Waals surface area contributed by atoms with E-state index in [2.05, 4.69) is 0 Å². The average molecular weight is 380 g/mol. The minimum atomic E-state index is -0.901. The van der Waals surface area contributed by atoms with Gasteiger partial charge in [0.2, 0.25) is 11.8 Å². The number of carboxylic acids is 1. The molecule has 2 aliphatic rings. The molecule has 146 valence electrons. The first-order chi connectivity index (χ1) is 12.9. The van der Waals surface area contributed by atoms with Crippen LogP contribution in [0.2, 0.25) is 0 Å². The monoisotopic (exact) mass is 380 g/mol. The summed E-state index contributed by atoms with van der Waals surface area (Å²) >= 11 is 0. The third-order valence-electron chi connectivity index (χ3n) is 5.28. The molecule has 2 unspecified atom stereocenters. The predicted molar refractivity (Wildman–Crippen MR) is 93.0 cm³/mol. The lowest BCUT2D eigenvalue weighted by Crippen LogP contribution is -2.47. The number of amides is 2. The fourth-order valence-electron chi connectivity index (χ4n) is 3.92. The summed E-state index contributed by atoms with van der Waals surface area (Å²) in [6.45, 7) is 0.584. The number of halogens is 2. The molecule has 1 aromatic carbocycles. The Kier molecular flexibility index (Phi) is 5.72. The van der Waals surface area contributed by atoms with Gasteiger partial charge in [0, 0.05) is 38.0 Å². The van der Waals surface area contributed by atoms with E-state index >= 15 is 0 Å². The Hall–Kier alpha value is -2.51. The van der Waals surface area contributed by atoms with Crippen LogP contribution < -0.4 is 4.90 Å². The number of anilines is 1. The summed E-state index contributed by atoms with van der Waals surface area (Å²) in [6, 6.07) is 2.85. The normalized spacial score (nSPS) is 23.0. The van der Waals surface area contributed by atoms with Crippen molar-refractivity contribution in [2.45, 2.75) is 44.6 Å². The molecule has 1 aromatic rings. The van der Waals surface area contributed by atoms with Gasteiger partial charge < -0.3 is 14.9 Å². The number of piperidine rings is 1. The summed E-state index contributed by atoms with van der Waals surface area (Å²) in [4.78, 5) is 39.0. The summed E-state index contributed by atoms with van der Waals surface area (Å²) in [7, 11) is 0. The molecule has 2 amide bonds. The Morgan fingerprint density at radius 3 is 2.70 bits per heavy atom. The summed E-state index contributed by atoms with van der Waals surface area (Å²) in [6.07, 6.45) is 2.87. The maximum Gasteiger partial charge on any atom is 0.303 e. The zero-order chi connectivity index (χ0) is 19.6. The minimum absolute atomic E-state index is 0.00897. The van der Waals surface area contributed by atoms with Crippen molar-refractivity contribution in [1.82, 2.24) is 4.90 Å². The van der Waals surface area contributed by atoms with Crippen LogP contribution in [-0.4, -0.2) is 46.9 Å². The molecule has 6 nitrogen and oxygen atoms in total. The van der Waals surface area contributed by atoms with Crippen LogP contribution in [0.3, 0.4) is 0 Å². The van der Waals surface area contributed by atoms with Gasteiger partial charge in [-0.3, -0.25) is 14.4 Å². The number of benzene rings is 1. The lowest BCUT2D eigenvalue weighted by molar-refractivity contribution is -0.142. The second kappa shape index (κ2) is 8.02. The molecule has 0 aromatic heterocycles. The Morgan fingerprint density at radius 1 is 1.22 bits per heavy atom. The molecule has 2 heterocycles. The third-order valence-corrected chi connectivity index (χ3v) is 5.28. The molecule has 2 fully saturated rings. The van der Waals surface area contributed by atoms with Gasteiger partial charge in [0.05, 0.1) is 11.6 Å². The van der Waals surface area contributed by atoms with Crippen molar-refractivity contribution in [1.29, 1.82) is 0 Å². The summed E-state index contributed by atoms with van der Waals surface area (Å²) in [5, 5.41) is 8.90. The molecule has 0 radical (unpaired) electrons. The number of carbonyl (C=O) groups is 3. The van der Waals surface area contributed by atoms with Crippen LogP contribution in [0.1, 0.15) is 38.5 Å². The van der Waals surface area contributed by atoms with Crippen molar-refractivity contribution in [2.75, 3.05) is 18.0 Å². The van der Waals surface area contributed by atoms with Crippen LogP contribution in [-0.2, 0) is 14.4 Å². The van der Waals surface area contributed by atoms with Crippen LogP contribution in [0.5, 0.6) is 0 Å². The summed E-state index contributed by atoms with van der Waals surface area (Å²) in [5.41, 5.74) is -0.0298. The SMILES string of the molecule is O=C(O)CCC1CCCCN1C(=O)C1CC(=O)N(c2ccc(F)cc2F)C1. The molecular weight excluding hydrogens is 358 g/mol. The van der Waals surface area contributed by atoms with Crippen molar-refractivity contribution in [3.8, 4) is 0 Å². The molecule has 1 N–H and O–H groups in total. The summed E-state index contributed by atoms with van der Waals surface area (Å²) < 4.78 is 27.1. The maximum atomic E-state index is 14.0. The molecular formula is C19H22F2N2O4. The van der Waals surface area contributed by atoms with E-state index in [4.69, 9.17) is 5.11 Å². The Balaban J connectivity index is 1.71. The number of nitrogens with zero attached hydrogens (tertiary/aromatic N) is 2. The Morgan fingerprint density at radius 2 is 2.00 bits per heavy atom. The molecule has 0 spiro atoms. The molecule has 8 heteroatoms. The highest BCUT2D eigenvalue weighted by molar-refractivity contribution is 6.00. The van der Waals surface area contributed by atoms with Crippen LogP contribution in [0.4, 0.5) is 14.5 Å². The van der Waals surface area contributed by atoms with Gasteiger partial charge in [-0.2, -0.15) is 0 Å². The minimum Gasteiger partial charge on any atom is -0.481 e. The van der Waals surface area contributed by atoms with E-state index in [0.29, 0.717) is 19.0 Å². The first kappa shape index (κ1) is 19.3. The van der Waals surface area contributed by atoms with E-state index in [1.54, 1.807) is 4.90 Å². The van der Waals surface area contributed by atoms with Crippen molar-refractivity contribution in [3.63, 3.8) is 0 Å². The fourth-order valence-corrected chi connectivity index (χ4v) is 3.92. The number of likely N-dealkylation sites (tertiary alicyclic amines) is 1. The van der Waals surface area contributed by atoms with Gasteiger partial charge in [0.25, 0.3) is 0 Å². The van der Waals surface area contributed by atoms with Gasteiger partial charge in [-0.05, 0) is 37.8 Å². The topological polar surface area (TPSA) is 77.9 Å². The van der Waals surface area contributed by atoms with Gasteiger partial charge >= 0.3 is 5.97 Å². The largest absolute Gasteiger partial charge is 0.481 e. The van der Waals surface area contributed by atoms with E-state index in [-0.39, 0.29) is 42.9 Å². The quantitative estimate of drug-likeness (QED) is 0.852. The van der Waals surface area contributed by atoms with Crippen LogP contribution in [0.25, 0.3) is 0 Å². The molecule has 27 heavy (non-hydrogen) atoms. The van der Waals surface area contributed by atoms with Crippen molar-refractivity contribution < 1.29 is 28.3 Å². The predicted octanol–water partition coefficient (Wildman–Crippen LogP) is 2.56. The van der Waals surface area contributed by atoms with E-state index in [1.165, 1.54) is 11.0 Å². The van der Waals surface area contributed by atoms with E-state index in [0.717, 1.165) is 25.3 Å². The van der Waals surface area contributed by atoms with Crippen LogP contribution >= 0.6 is 0 Å². The average Bonchev–Trinajstić information content (AvgIpc) is 3.01. The number of hydrogen-bond donors (Lipinski definition) is 1. The number of rotatable bonds is 5. The van der Waals surface area contributed by atoms with Crippen LogP contribution in [0, 0.1) is 17.6 Å². The van der Waals surface area contributed by atoms with E-state index < -0.39 is 23.5 Å². The molecule has 0 saturated carbocycles. The van der Waals surface area contributed by atoms with Crippen molar-refractivity contribution >= 4 is 23.5 Å². The standard InChI is InChI=1S/C19H22F2N2O4/c20-13-4-6-16(15(21)10-13)23-11-12(9-17(23)24)19(27)22-8-2-1-3-14(22)5-7-18(25)26/h4,6,10,12,14H,1-3,5,7-9,11H2,(H,25,26). The number of carboxylic acid groups (broad SMARTS) is 1. The van der Waals surface area contributed by atoms with Crippen LogP contribution in [0.15, 0.2) is 18.2 Å². The number of carbonyl (C=O) groups excluding carboxylic acids is 2. The number of aliphatic carboxylic acids is 1. The maximum absolute atomic E-state index is 14.0. The van der Waals surface area contributed by atoms with Gasteiger partial charge in [-0.1, -0.05) is 0 Å². The summed E-state index contributed by atoms with van der Waals surface area (Å²) in [5.74, 6) is -3.64. The Bertz CT molecular complexity index is 755. The first-order valence-electron chi connectivity index (χ1n) is 9.14. The third kappa shape index (κ3) is 4.26. The lowest BCUT2D eigenvalue weighted by Gasteiger charge is -2.37. The second-order valence-electron chi connectivity index (χ2n) is 7.11. The molecule has 2 aliphatic heterocycles. The number of hydrogen-bond acceptors (Lipinski definition) is 3. The molecule has 2 saturated heterocycles. The van der Waals surface area contributed by atoms with Gasteiger partial charge in [-0.25, -0.2) is 8.78 Å². The highest BCUT2D eigenvalue weighted by atomic mass is 19.1.